The lowest BCUT2D eigenvalue weighted by atomic mass is 9.96. The molecule has 1 aromatic carbocycles. The highest BCUT2D eigenvalue weighted by atomic mass is 16.2. The summed E-state index contributed by atoms with van der Waals surface area (Å²) in [5.41, 5.74) is 1.97. The standard InChI is InChI=1S/C19H22N8O2/c1-2-26-12-15(10-21-26)19(29)25-8-4-5-14(11-25)18(28)22-16-6-3-7-17(9-16)27-13-20-23-24-27/h3,6-7,9-10,12-14H,2,4-5,8,11H2,1H3,(H,22,28)/t14-/m1/s1. The first-order chi connectivity index (χ1) is 14.1. The van der Waals surface area contributed by atoms with Gasteiger partial charge in [-0.1, -0.05) is 6.07 Å². The molecule has 1 saturated heterocycles. The molecule has 0 spiro atoms. The van der Waals surface area contributed by atoms with Crippen LogP contribution in [0.15, 0.2) is 43.0 Å². The molecule has 0 bridgehead atoms. The highest BCUT2D eigenvalue weighted by Crippen LogP contribution is 2.21. The smallest absolute Gasteiger partial charge is 0.257 e. The number of nitrogens with one attached hydrogen (secondary N) is 1. The van der Waals surface area contributed by atoms with Gasteiger partial charge in [0.15, 0.2) is 0 Å². The van der Waals surface area contributed by atoms with Gasteiger partial charge in [-0.25, -0.2) is 4.68 Å². The van der Waals surface area contributed by atoms with Gasteiger partial charge in [0.2, 0.25) is 5.91 Å². The van der Waals surface area contributed by atoms with Gasteiger partial charge in [-0.2, -0.15) is 5.10 Å². The number of piperidine rings is 1. The summed E-state index contributed by atoms with van der Waals surface area (Å²) in [6.07, 6.45) is 6.36. The van der Waals surface area contributed by atoms with Crippen LogP contribution >= 0.6 is 0 Å². The fourth-order valence-electron chi connectivity index (χ4n) is 3.46. The van der Waals surface area contributed by atoms with Crippen molar-refractivity contribution >= 4 is 17.5 Å². The molecule has 4 rings (SSSR count). The highest BCUT2D eigenvalue weighted by Gasteiger charge is 2.29. The molecular formula is C19H22N8O2. The summed E-state index contributed by atoms with van der Waals surface area (Å²) in [5, 5.41) is 18.2. The number of anilines is 1. The van der Waals surface area contributed by atoms with Crippen molar-refractivity contribution in [3.63, 3.8) is 0 Å². The molecule has 1 aliphatic rings. The molecule has 1 N–H and O–H groups in total. The number of aryl methyl sites for hydroxylation is 1. The predicted molar refractivity (Wildman–Crippen MR) is 104 cm³/mol. The second kappa shape index (κ2) is 8.21. The van der Waals surface area contributed by atoms with Crippen molar-refractivity contribution in [2.75, 3.05) is 18.4 Å². The monoisotopic (exact) mass is 394 g/mol. The molecule has 2 amide bonds. The van der Waals surface area contributed by atoms with Gasteiger partial charge >= 0.3 is 0 Å². The van der Waals surface area contributed by atoms with Crippen LogP contribution in [0.5, 0.6) is 0 Å². The quantitative estimate of drug-likeness (QED) is 0.700. The van der Waals surface area contributed by atoms with Gasteiger partial charge in [0.25, 0.3) is 5.91 Å². The number of benzene rings is 1. The Balaban J connectivity index is 1.41. The van der Waals surface area contributed by atoms with Crippen molar-refractivity contribution < 1.29 is 9.59 Å². The Morgan fingerprint density at radius 3 is 2.97 bits per heavy atom. The molecule has 0 saturated carbocycles. The average Bonchev–Trinajstić information content (AvgIpc) is 3.45. The van der Waals surface area contributed by atoms with Gasteiger partial charge < -0.3 is 10.2 Å². The summed E-state index contributed by atoms with van der Waals surface area (Å²) < 4.78 is 3.24. The van der Waals surface area contributed by atoms with Gasteiger partial charge in [-0.3, -0.25) is 14.3 Å². The number of hydrogen-bond donors (Lipinski definition) is 1. The fraction of sp³-hybridized carbons (Fsp3) is 0.368. The predicted octanol–water partition coefficient (Wildman–Crippen LogP) is 1.37. The molecule has 0 aliphatic carbocycles. The Morgan fingerprint density at radius 2 is 2.21 bits per heavy atom. The maximum Gasteiger partial charge on any atom is 0.257 e. The Bertz CT molecular complexity index is 997. The zero-order chi connectivity index (χ0) is 20.2. The normalized spacial score (nSPS) is 16.6. The van der Waals surface area contributed by atoms with E-state index in [4.69, 9.17) is 0 Å². The summed E-state index contributed by atoms with van der Waals surface area (Å²) in [7, 11) is 0. The van der Waals surface area contributed by atoms with E-state index in [1.165, 1.54) is 11.0 Å². The third-order valence-corrected chi connectivity index (χ3v) is 5.01. The molecule has 2 aromatic heterocycles. The van der Waals surface area contributed by atoms with Crippen LogP contribution in [0.3, 0.4) is 0 Å². The van der Waals surface area contributed by atoms with E-state index < -0.39 is 0 Å². The summed E-state index contributed by atoms with van der Waals surface area (Å²) in [4.78, 5) is 27.3. The van der Waals surface area contributed by atoms with Crippen LogP contribution in [-0.2, 0) is 11.3 Å². The van der Waals surface area contributed by atoms with Gasteiger partial charge in [0.05, 0.1) is 23.4 Å². The zero-order valence-electron chi connectivity index (χ0n) is 16.1. The first-order valence-corrected chi connectivity index (χ1v) is 9.60. The van der Waals surface area contributed by atoms with Crippen molar-refractivity contribution in [2.24, 2.45) is 5.92 Å². The van der Waals surface area contributed by atoms with Gasteiger partial charge in [0.1, 0.15) is 6.33 Å². The lowest BCUT2D eigenvalue weighted by molar-refractivity contribution is -0.121. The minimum absolute atomic E-state index is 0.0807. The van der Waals surface area contributed by atoms with Crippen LogP contribution in [0.1, 0.15) is 30.1 Å². The van der Waals surface area contributed by atoms with Crippen LogP contribution in [0.25, 0.3) is 5.69 Å². The number of amides is 2. The Morgan fingerprint density at radius 1 is 1.31 bits per heavy atom. The van der Waals surface area contributed by atoms with E-state index in [-0.39, 0.29) is 17.7 Å². The zero-order valence-corrected chi connectivity index (χ0v) is 16.1. The molecular weight excluding hydrogens is 372 g/mol. The van der Waals surface area contributed by atoms with Crippen LogP contribution < -0.4 is 5.32 Å². The van der Waals surface area contributed by atoms with Crippen molar-refractivity contribution in [3.8, 4) is 5.69 Å². The number of tetrazole rings is 1. The number of hydrogen-bond acceptors (Lipinski definition) is 6. The molecule has 1 fully saturated rings. The van der Waals surface area contributed by atoms with Crippen LogP contribution in [-0.4, -0.2) is 59.8 Å². The SMILES string of the molecule is CCn1cc(C(=O)N2CCC[C@@H](C(=O)Nc3cccc(-n4cnnn4)c3)C2)cn1. The molecule has 10 nitrogen and oxygen atoms in total. The minimum atomic E-state index is -0.259. The molecule has 0 radical (unpaired) electrons. The number of likely N-dealkylation sites (tertiary alicyclic amines) is 1. The van der Waals surface area contributed by atoms with E-state index in [0.29, 0.717) is 30.9 Å². The maximum absolute atomic E-state index is 12.8. The summed E-state index contributed by atoms with van der Waals surface area (Å²) in [6.45, 7) is 3.72. The first kappa shape index (κ1) is 18.8. The number of carbonyl (C=O) groups excluding carboxylic acids is 2. The highest BCUT2D eigenvalue weighted by molar-refractivity contribution is 5.96. The molecule has 29 heavy (non-hydrogen) atoms. The van der Waals surface area contributed by atoms with Gasteiger partial charge in [-0.15, -0.1) is 5.10 Å². The summed E-state index contributed by atoms with van der Waals surface area (Å²) >= 11 is 0. The van der Waals surface area contributed by atoms with Crippen molar-refractivity contribution in [1.82, 2.24) is 34.9 Å². The Labute approximate surface area is 167 Å². The number of nitrogens with zero attached hydrogens (tertiary/aromatic N) is 7. The largest absolute Gasteiger partial charge is 0.338 e. The molecule has 10 heteroatoms. The molecule has 150 valence electrons. The molecule has 3 aromatic rings. The van der Waals surface area contributed by atoms with E-state index in [0.717, 1.165) is 18.5 Å². The number of carbonyl (C=O) groups is 2. The van der Waals surface area contributed by atoms with Crippen LogP contribution in [0, 0.1) is 5.92 Å². The summed E-state index contributed by atoms with van der Waals surface area (Å²) in [5.74, 6) is -0.436. The summed E-state index contributed by atoms with van der Waals surface area (Å²) in [6, 6.07) is 7.30. The van der Waals surface area contributed by atoms with Crippen molar-refractivity contribution in [3.05, 3.63) is 48.5 Å². The Kier molecular flexibility index (Phi) is 5.32. The topological polar surface area (TPSA) is 111 Å². The molecule has 0 unspecified atom stereocenters. The van der Waals surface area contributed by atoms with E-state index >= 15 is 0 Å². The van der Waals surface area contributed by atoms with E-state index in [1.54, 1.807) is 28.0 Å². The first-order valence-electron chi connectivity index (χ1n) is 9.60. The lowest BCUT2D eigenvalue weighted by Gasteiger charge is -2.31. The Hall–Kier alpha value is -3.56. The molecule has 1 aliphatic heterocycles. The van der Waals surface area contributed by atoms with Crippen molar-refractivity contribution in [1.29, 1.82) is 0 Å². The fourth-order valence-corrected chi connectivity index (χ4v) is 3.46. The lowest BCUT2D eigenvalue weighted by Crippen LogP contribution is -2.43. The second-order valence-corrected chi connectivity index (χ2v) is 6.97. The van der Waals surface area contributed by atoms with Gasteiger partial charge in [0, 0.05) is 31.5 Å². The van der Waals surface area contributed by atoms with E-state index in [9.17, 15) is 9.59 Å². The van der Waals surface area contributed by atoms with E-state index in [1.807, 2.05) is 25.1 Å². The molecule has 1 atom stereocenters. The third-order valence-electron chi connectivity index (χ3n) is 5.01. The minimum Gasteiger partial charge on any atom is -0.338 e. The average molecular weight is 394 g/mol. The van der Waals surface area contributed by atoms with Crippen LogP contribution in [0.4, 0.5) is 5.69 Å². The number of rotatable bonds is 5. The molecule has 3 heterocycles. The number of aromatic nitrogens is 6. The third kappa shape index (κ3) is 4.15. The van der Waals surface area contributed by atoms with E-state index in [2.05, 4.69) is 25.9 Å². The van der Waals surface area contributed by atoms with Crippen LogP contribution in [0.2, 0.25) is 0 Å². The maximum atomic E-state index is 12.8. The van der Waals surface area contributed by atoms with Gasteiger partial charge in [-0.05, 0) is 48.4 Å². The van der Waals surface area contributed by atoms with Crippen molar-refractivity contribution in [2.45, 2.75) is 26.3 Å². The second-order valence-electron chi connectivity index (χ2n) is 6.97.